The van der Waals surface area contributed by atoms with Gasteiger partial charge < -0.3 is 15.8 Å². The lowest BCUT2D eigenvalue weighted by Gasteiger charge is -2.37. The van der Waals surface area contributed by atoms with Gasteiger partial charge in [-0.2, -0.15) is 0 Å². The molecular formula is C17H26N2O2. The zero-order valence-electron chi connectivity index (χ0n) is 13.2. The number of carbonyl (C=O) groups is 1. The van der Waals surface area contributed by atoms with Crippen LogP contribution in [0, 0.1) is 0 Å². The minimum absolute atomic E-state index is 0.00401. The number of nitrogens with two attached hydrogens (primary N) is 1. The van der Waals surface area contributed by atoms with E-state index in [1.807, 2.05) is 25.1 Å². The lowest BCUT2D eigenvalue weighted by Crippen LogP contribution is -2.60. The second-order valence-corrected chi connectivity index (χ2v) is 6.55. The molecule has 0 aromatic heterocycles. The van der Waals surface area contributed by atoms with Crippen molar-refractivity contribution in [3.63, 3.8) is 0 Å². The van der Waals surface area contributed by atoms with Crippen LogP contribution in [0.15, 0.2) is 30.3 Å². The van der Waals surface area contributed by atoms with Gasteiger partial charge in [0.1, 0.15) is 0 Å². The van der Waals surface area contributed by atoms with Gasteiger partial charge in [-0.25, -0.2) is 0 Å². The van der Waals surface area contributed by atoms with Crippen molar-refractivity contribution in [3.8, 4) is 0 Å². The Labute approximate surface area is 127 Å². The Kier molecular flexibility index (Phi) is 4.69. The largest absolute Gasteiger partial charge is 0.381 e. The standard InChI is InChI=1S/C17H26N2O2/c1-13(16(2,3)14-7-5-4-6-8-14)19-15(20)17(18)9-11-21-12-10-17/h4-8,13H,9-12,18H2,1-3H3,(H,19,20). The van der Waals surface area contributed by atoms with Crippen molar-refractivity contribution in [3.05, 3.63) is 35.9 Å². The van der Waals surface area contributed by atoms with E-state index in [4.69, 9.17) is 10.5 Å². The first-order chi connectivity index (χ1) is 9.86. The van der Waals surface area contributed by atoms with Gasteiger partial charge in [-0.05, 0) is 25.3 Å². The van der Waals surface area contributed by atoms with Gasteiger partial charge in [-0.15, -0.1) is 0 Å². The van der Waals surface area contributed by atoms with Gasteiger partial charge in [0.05, 0.1) is 5.54 Å². The second-order valence-electron chi connectivity index (χ2n) is 6.55. The maximum Gasteiger partial charge on any atom is 0.240 e. The van der Waals surface area contributed by atoms with Crippen LogP contribution >= 0.6 is 0 Å². The van der Waals surface area contributed by atoms with E-state index < -0.39 is 5.54 Å². The Hall–Kier alpha value is -1.39. The molecule has 1 amide bonds. The summed E-state index contributed by atoms with van der Waals surface area (Å²) in [4.78, 5) is 12.5. The molecule has 3 N–H and O–H groups in total. The van der Waals surface area contributed by atoms with Gasteiger partial charge in [0.15, 0.2) is 0 Å². The molecule has 4 nitrogen and oxygen atoms in total. The zero-order valence-corrected chi connectivity index (χ0v) is 13.2. The van der Waals surface area contributed by atoms with Crippen LogP contribution in [-0.4, -0.2) is 30.7 Å². The number of amides is 1. The van der Waals surface area contributed by atoms with Crippen LogP contribution in [-0.2, 0) is 14.9 Å². The van der Waals surface area contributed by atoms with Crippen LogP contribution in [0.25, 0.3) is 0 Å². The normalized spacial score (nSPS) is 19.8. The molecule has 0 saturated carbocycles. The molecule has 116 valence electrons. The molecule has 2 rings (SSSR count). The Balaban J connectivity index is 2.06. The predicted octanol–water partition coefficient (Wildman–Crippen LogP) is 1.98. The highest BCUT2D eigenvalue weighted by Gasteiger charge is 2.38. The summed E-state index contributed by atoms with van der Waals surface area (Å²) in [6.45, 7) is 7.43. The summed E-state index contributed by atoms with van der Waals surface area (Å²) >= 11 is 0. The second kappa shape index (κ2) is 6.16. The number of benzene rings is 1. The SMILES string of the molecule is CC(NC(=O)C1(N)CCOCC1)C(C)(C)c1ccccc1. The van der Waals surface area contributed by atoms with E-state index in [0.717, 1.165) is 0 Å². The van der Waals surface area contributed by atoms with Gasteiger partial charge in [0.2, 0.25) is 5.91 Å². The molecular weight excluding hydrogens is 264 g/mol. The van der Waals surface area contributed by atoms with Crippen LogP contribution in [0.1, 0.15) is 39.2 Å². The van der Waals surface area contributed by atoms with Crippen LogP contribution < -0.4 is 11.1 Å². The molecule has 1 heterocycles. The summed E-state index contributed by atoms with van der Waals surface area (Å²) in [6, 6.07) is 10.2. The summed E-state index contributed by atoms with van der Waals surface area (Å²) in [5, 5.41) is 3.11. The zero-order chi connectivity index (χ0) is 15.5. The summed E-state index contributed by atoms with van der Waals surface area (Å²) in [5.41, 5.74) is 6.50. The lowest BCUT2D eigenvalue weighted by molar-refractivity contribution is -0.130. The van der Waals surface area contributed by atoms with Gasteiger partial charge in [-0.1, -0.05) is 44.2 Å². The van der Waals surface area contributed by atoms with Gasteiger partial charge >= 0.3 is 0 Å². The van der Waals surface area contributed by atoms with Crippen molar-refractivity contribution < 1.29 is 9.53 Å². The number of carbonyl (C=O) groups excluding carboxylic acids is 1. The average Bonchev–Trinajstić information content (AvgIpc) is 2.48. The van der Waals surface area contributed by atoms with Crippen LogP contribution in [0.4, 0.5) is 0 Å². The molecule has 1 unspecified atom stereocenters. The quantitative estimate of drug-likeness (QED) is 0.891. The maximum atomic E-state index is 12.5. The summed E-state index contributed by atoms with van der Waals surface area (Å²) < 4.78 is 5.30. The molecule has 1 aliphatic heterocycles. The highest BCUT2D eigenvalue weighted by Crippen LogP contribution is 2.27. The third kappa shape index (κ3) is 3.44. The molecule has 0 radical (unpaired) electrons. The maximum absolute atomic E-state index is 12.5. The number of hydrogen-bond acceptors (Lipinski definition) is 3. The van der Waals surface area contributed by atoms with E-state index in [9.17, 15) is 4.79 Å². The van der Waals surface area contributed by atoms with Crippen molar-refractivity contribution in [1.82, 2.24) is 5.32 Å². The number of rotatable bonds is 4. The Morgan fingerprint density at radius 3 is 2.43 bits per heavy atom. The van der Waals surface area contributed by atoms with E-state index in [-0.39, 0.29) is 17.4 Å². The Morgan fingerprint density at radius 2 is 1.86 bits per heavy atom. The fourth-order valence-corrected chi connectivity index (χ4v) is 2.60. The van der Waals surface area contributed by atoms with Crippen molar-refractivity contribution in [2.75, 3.05) is 13.2 Å². The summed E-state index contributed by atoms with van der Waals surface area (Å²) in [5.74, 6) is -0.0673. The van der Waals surface area contributed by atoms with Gasteiger partial charge in [0.25, 0.3) is 0 Å². The lowest BCUT2D eigenvalue weighted by atomic mass is 9.78. The molecule has 0 bridgehead atoms. The number of ether oxygens (including phenoxy) is 1. The Morgan fingerprint density at radius 1 is 1.29 bits per heavy atom. The van der Waals surface area contributed by atoms with E-state index in [1.165, 1.54) is 5.56 Å². The molecule has 1 aliphatic rings. The summed E-state index contributed by atoms with van der Waals surface area (Å²) in [6.07, 6.45) is 1.16. The van der Waals surface area contributed by atoms with Crippen molar-refractivity contribution in [2.24, 2.45) is 5.73 Å². The van der Waals surface area contributed by atoms with Crippen LogP contribution in [0.5, 0.6) is 0 Å². The highest BCUT2D eigenvalue weighted by molar-refractivity contribution is 5.86. The molecule has 1 atom stereocenters. The van der Waals surface area contributed by atoms with Crippen molar-refractivity contribution >= 4 is 5.91 Å². The molecule has 1 aromatic carbocycles. The van der Waals surface area contributed by atoms with E-state index >= 15 is 0 Å². The smallest absolute Gasteiger partial charge is 0.240 e. The monoisotopic (exact) mass is 290 g/mol. The van der Waals surface area contributed by atoms with E-state index in [2.05, 4.69) is 31.3 Å². The minimum Gasteiger partial charge on any atom is -0.381 e. The number of nitrogens with one attached hydrogen (secondary N) is 1. The van der Waals surface area contributed by atoms with Gasteiger partial charge in [0, 0.05) is 24.7 Å². The fraction of sp³-hybridized carbons (Fsp3) is 0.588. The molecule has 1 saturated heterocycles. The molecule has 0 aliphatic carbocycles. The van der Waals surface area contributed by atoms with E-state index in [0.29, 0.717) is 26.1 Å². The van der Waals surface area contributed by atoms with E-state index in [1.54, 1.807) is 0 Å². The topological polar surface area (TPSA) is 64.4 Å². The molecule has 4 heteroatoms. The number of hydrogen-bond donors (Lipinski definition) is 2. The summed E-state index contributed by atoms with van der Waals surface area (Å²) in [7, 11) is 0. The van der Waals surface area contributed by atoms with Gasteiger partial charge in [-0.3, -0.25) is 4.79 Å². The first-order valence-corrected chi connectivity index (χ1v) is 7.59. The predicted molar refractivity (Wildman–Crippen MR) is 84.0 cm³/mol. The molecule has 1 aromatic rings. The van der Waals surface area contributed by atoms with Crippen LogP contribution in [0.2, 0.25) is 0 Å². The van der Waals surface area contributed by atoms with Crippen molar-refractivity contribution in [2.45, 2.75) is 50.6 Å². The highest BCUT2D eigenvalue weighted by atomic mass is 16.5. The third-order valence-electron chi connectivity index (χ3n) is 4.79. The Bertz CT molecular complexity index is 479. The van der Waals surface area contributed by atoms with Crippen molar-refractivity contribution in [1.29, 1.82) is 0 Å². The average molecular weight is 290 g/mol. The third-order valence-corrected chi connectivity index (χ3v) is 4.79. The molecule has 0 spiro atoms. The molecule has 1 fully saturated rings. The minimum atomic E-state index is -0.792. The van der Waals surface area contributed by atoms with Crippen LogP contribution in [0.3, 0.4) is 0 Å². The first kappa shape index (κ1) is 16.0. The molecule has 21 heavy (non-hydrogen) atoms. The first-order valence-electron chi connectivity index (χ1n) is 7.59. The fourth-order valence-electron chi connectivity index (χ4n) is 2.60.